The van der Waals surface area contributed by atoms with Crippen molar-refractivity contribution in [1.29, 1.82) is 5.26 Å². The molecule has 0 aromatic heterocycles. The highest BCUT2D eigenvalue weighted by Gasteiger charge is 2.13. The Bertz CT molecular complexity index is 3920. The van der Waals surface area contributed by atoms with Gasteiger partial charge in [-0.05, 0) is 196 Å². The van der Waals surface area contributed by atoms with E-state index in [9.17, 15) is 24.9 Å². The summed E-state index contributed by atoms with van der Waals surface area (Å²) >= 11 is 0. The Morgan fingerprint density at radius 3 is 0.760 bits per heavy atom. The zero-order valence-corrected chi connectivity index (χ0v) is 58.7. The number of benzene rings is 8. The van der Waals surface area contributed by atoms with E-state index >= 15 is 0 Å². The van der Waals surface area contributed by atoms with Crippen LogP contribution in [0.5, 0.6) is 0 Å². The third kappa shape index (κ3) is 31.2. The molecule has 0 fully saturated rings. The molecule has 27 heteroatoms. The Morgan fingerprint density at radius 2 is 0.538 bits per heavy atom. The molecule has 0 saturated carbocycles. The van der Waals surface area contributed by atoms with Crippen molar-refractivity contribution < 1.29 is 59.9 Å². The standard InChI is InChI=1S/C30H36N6O5.C17H18N4O2.C16H20N4O2.C14H19NO3/c1-23(2)30(40)41-22-18-36(17-21-39)29-13-9-27(10-14-29)34-32-25-5-3-24(4-6-25)31-33-26-7-11-28(12-8-26)35(15-19-37)16-20-38;18-13-14-1-3-15(4-2-14)19-20-16-5-7-17(8-6-16)21(9-11-22)10-12-23;17-13-1-3-14(4-2-13)18-19-15-5-7-16(8-6-15)20(9-11-21)10-12-22;1-12(2)14(17)18-11-9-15(8-10-16)13-6-4-3-5-7-13/h3-14,37-39H,1,15-22H2,2H3;1-8,22-23H,9-12H2;1-8,21-22H,9-12,17H2;3-7,16H,1,8-11H2,2H3. The number of aliphatic hydroxyl groups excluding tert-OH is 8. The topological polar surface area (TPSA) is 379 Å². The van der Waals surface area contributed by atoms with Crippen molar-refractivity contribution in [3.8, 4) is 6.07 Å². The van der Waals surface area contributed by atoms with Crippen LogP contribution < -0.4 is 30.2 Å². The number of ether oxygens (including phenoxy) is 2. The fourth-order valence-corrected chi connectivity index (χ4v) is 9.31. The van der Waals surface area contributed by atoms with Gasteiger partial charge in [0.15, 0.2) is 0 Å². The van der Waals surface area contributed by atoms with Crippen LogP contribution in [0.3, 0.4) is 0 Å². The highest BCUT2D eigenvalue weighted by molar-refractivity contribution is 5.87. The zero-order valence-electron chi connectivity index (χ0n) is 58.7. The first-order valence-corrected chi connectivity index (χ1v) is 33.4. The molecule has 0 unspecified atom stereocenters. The molecule has 0 aliphatic heterocycles. The summed E-state index contributed by atoms with van der Waals surface area (Å²) in [5.74, 6) is -0.819. The number of para-hydroxylation sites is 1. The van der Waals surface area contributed by atoms with E-state index in [1.54, 1.807) is 86.6 Å². The van der Waals surface area contributed by atoms with Gasteiger partial charge in [-0.3, -0.25) is 0 Å². The molecular weight excluding hydrogens is 1330 g/mol. The average Bonchev–Trinajstić information content (AvgIpc) is 2.28. The SMILES string of the molecule is C=C(C)C(=O)OCCN(CCO)c1ccc(N=Nc2ccc(N=Nc3ccc(N(CCO)CCO)cc3)cc2)cc1.C=C(C)C(=O)OCCN(CCO)c1ccccc1.N#Cc1ccc(N=Nc2ccc(N(CCO)CCO)cc2)cc1.Nc1ccc(N=Nc2ccc(N(CCO)CCO)cc2)cc1. The van der Waals surface area contributed by atoms with Gasteiger partial charge >= 0.3 is 11.9 Å². The summed E-state index contributed by atoms with van der Waals surface area (Å²) in [6, 6.07) is 62.6. The maximum absolute atomic E-state index is 11.6. The molecule has 8 aromatic rings. The van der Waals surface area contributed by atoms with E-state index in [2.05, 4.69) is 60.1 Å². The molecule has 0 radical (unpaired) electrons. The lowest BCUT2D eigenvalue weighted by Gasteiger charge is -2.23. The molecule has 0 aliphatic carbocycles. The van der Waals surface area contributed by atoms with E-state index < -0.39 is 5.97 Å². The Kier molecular flexibility index (Phi) is 38.7. The molecule has 104 heavy (non-hydrogen) atoms. The largest absolute Gasteiger partial charge is 0.460 e. The molecule has 0 bridgehead atoms. The number of nitrogens with zero attached hydrogens (tertiary/aromatic N) is 14. The number of anilines is 6. The van der Waals surface area contributed by atoms with Crippen molar-refractivity contribution in [2.75, 3.05) is 162 Å². The van der Waals surface area contributed by atoms with Crippen LogP contribution in [-0.2, 0) is 19.1 Å². The second-order valence-electron chi connectivity index (χ2n) is 22.5. The molecule has 8 aromatic carbocycles. The quantitative estimate of drug-likeness (QED) is 0.00756. The maximum atomic E-state index is 11.6. The van der Waals surface area contributed by atoms with Gasteiger partial charge < -0.3 is 80.6 Å². The number of nitrogens with two attached hydrogens (primary N) is 1. The van der Waals surface area contributed by atoms with Crippen LogP contribution in [0, 0.1) is 11.3 Å². The number of esters is 2. The molecule has 10 N–H and O–H groups in total. The summed E-state index contributed by atoms with van der Waals surface area (Å²) in [7, 11) is 0. The lowest BCUT2D eigenvalue weighted by molar-refractivity contribution is -0.139. The highest BCUT2D eigenvalue weighted by Crippen LogP contribution is 2.29. The minimum Gasteiger partial charge on any atom is -0.460 e. The molecule has 0 saturated heterocycles. The van der Waals surface area contributed by atoms with Gasteiger partial charge in [-0.15, -0.1) is 0 Å². The van der Waals surface area contributed by atoms with Crippen LogP contribution in [0.1, 0.15) is 19.4 Å². The molecule has 8 rings (SSSR count). The Labute approximate surface area is 606 Å². The lowest BCUT2D eigenvalue weighted by Crippen LogP contribution is -2.31. The number of azo groups is 4. The number of rotatable bonds is 37. The Morgan fingerprint density at radius 1 is 0.337 bits per heavy atom. The summed E-state index contributed by atoms with van der Waals surface area (Å²) in [6.07, 6.45) is 0. The fraction of sp³-hybridized carbons (Fsp3) is 0.286. The average molecular weight is 1420 g/mol. The molecule has 27 nitrogen and oxygen atoms in total. The van der Waals surface area contributed by atoms with Crippen molar-refractivity contribution >= 4 is 91.6 Å². The summed E-state index contributed by atoms with van der Waals surface area (Å²) in [5, 5.41) is 115. The van der Waals surface area contributed by atoms with Crippen LogP contribution >= 0.6 is 0 Å². The number of carbonyl (C=O) groups is 2. The van der Waals surface area contributed by atoms with Gasteiger partial charge in [0.2, 0.25) is 0 Å². The van der Waals surface area contributed by atoms with Crippen molar-refractivity contribution in [1.82, 2.24) is 0 Å². The molecule has 0 spiro atoms. The fourth-order valence-electron chi connectivity index (χ4n) is 9.31. The number of hydrogen-bond donors (Lipinski definition) is 9. The second-order valence-corrected chi connectivity index (χ2v) is 22.5. The van der Waals surface area contributed by atoms with Gasteiger partial charge in [-0.1, -0.05) is 31.4 Å². The van der Waals surface area contributed by atoms with Gasteiger partial charge in [0.05, 0.1) is 123 Å². The number of aliphatic hydroxyl groups is 8. The smallest absolute Gasteiger partial charge is 0.333 e. The summed E-state index contributed by atoms with van der Waals surface area (Å²) in [5.41, 5.74) is 17.7. The third-order valence-electron chi connectivity index (χ3n) is 14.7. The van der Waals surface area contributed by atoms with E-state index in [-0.39, 0.29) is 72.0 Å². The Balaban J connectivity index is 0.000000264. The van der Waals surface area contributed by atoms with Crippen molar-refractivity contribution in [2.24, 2.45) is 40.9 Å². The predicted octanol–water partition coefficient (Wildman–Crippen LogP) is 12.1. The van der Waals surface area contributed by atoms with Gasteiger partial charge in [-0.25, -0.2) is 9.59 Å². The number of carbonyl (C=O) groups excluding carboxylic acids is 2. The van der Waals surface area contributed by atoms with E-state index in [4.69, 9.17) is 46.0 Å². The van der Waals surface area contributed by atoms with Crippen LogP contribution in [-0.4, -0.2) is 184 Å². The van der Waals surface area contributed by atoms with Gasteiger partial charge in [0, 0.05) is 97.6 Å². The number of nitriles is 1. The lowest BCUT2D eigenvalue weighted by atomic mass is 10.2. The van der Waals surface area contributed by atoms with Crippen LogP contribution in [0.25, 0.3) is 0 Å². The predicted molar refractivity (Wildman–Crippen MR) is 407 cm³/mol. The van der Waals surface area contributed by atoms with Gasteiger partial charge in [0.1, 0.15) is 13.2 Å². The first-order chi connectivity index (χ1) is 50.6. The number of hydrogen-bond acceptors (Lipinski definition) is 27. The van der Waals surface area contributed by atoms with E-state index in [1.165, 1.54) is 0 Å². The summed E-state index contributed by atoms with van der Waals surface area (Å²) < 4.78 is 10.2. The molecule has 548 valence electrons. The molecule has 0 amide bonds. The molecule has 0 atom stereocenters. The van der Waals surface area contributed by atoms with Crippen LogP contribution in [0.15, 0.2) is 265 Å². The second kappa shape index (κ2) is 48.4. The minimum absolute atomic E-state index is 0.00520. The third-order valence-corrected chi connectivity index (χ3v) is 14.7. The monoisotopic (exact) mass is 1420 g/mol. The summed E-state index contributed by atoms with van der Waals surface area (Å²) in [6.45, 7) is 15.6. The first-order valence-electron chi connectivity index (χ1n) is 33.4. The Hall–Kier alpha value is -11.5. The van der Waals surface area contributed by atoms with Gasteiger partial charge in [-0.2, -0.15) is 46.2 Å². The first kappa shape index (κ1) is 83.2. The number of nitrogen functional groups attached to an aromatic ring is 1. The van der Waals surface area contributed by atoms with E-state index in [0.717, 1.165) is 39.8 Å². The molecular formula is C77H93N15O12. The minimum atomic E-state index is -0.437. The molecule has 0 heterocycles. The van der Waals surface area contributed by atoms with E-state index in [0.29, 0.717) is 122 Å². The van der Waals surface area contributed by atoms with Gasteiger partial charge in [0.25, 0.3) is 0 Å². The van der Waals surface area contributed by atoms with E-state index in [1.807, 2.05) is 152 Å². The normalized spacial score (nSPS) is 10.8. The molecule has 0 aliphatic rings. The van der Waals surface area contributed by atoms with Crippen LogP contribution in [0.4, 0.5) is 79.6 Å². The highest BCUT2D eigenvalue weighted by atomic mass is 16.5. The van der Waals surface area contributed by atoms with Crippen LogP contribution in [0.2, 0.25) is 0 Å². The van der Waals surface area contributed by atoms with Crippen molar-refractivity contribution in [3.05, 3.63) is 230 Å². The van der Waals surface area contributed by atoms with Crippen molar-refractivity contribution in [3.63, 3.8) is 0 Å². The maximum Gasteiger partial charge on any atom is 0.333 e. The van der Waals surface area contributed by atoms with Crippen molar-refractivity contribution in [2.45, 2.75) is 13.8 Å². The zero-order chi connectivity index (χ0) is 75.1. The summed E-state index contributed by atoms with van der Waals surface area (Å²) in [4.78, 5) is 32.4.